The van der Waals surface area contributed by atoms with E-state index in [9.17, 15) is 17.6 Å². The summed E-state index contributed by atoms with van der Waals surface area (Å²) in [5.74, 6) is -0.571. The molecule has 1 aromatic heterocycles. The standard InChI is InChI=1S/C13H9F4N3/c14-12-2-1-9(3-4-18)5-11(12)10-6-19-20(7-10)8-13(15,16)17/h1-2,5-7H,3,8H2. The van der Waals surface area contributed by atoms with Crippen LogP contribution in [-0.4, -0.2) is 16.0 Å². The smallest absolute Gasteiger partial charge is 0.263 e. The summed E-state index contributed by atoms with van der Waals surface area (Å²) in [6.07, 6.45) is -1.99. The van der Waals surface area contributed by atoms with Crippen molar-refractivity contribution in [2.24, 2.45) is 0 Å². The predicted octanol–water partition coefficient (Wildman–Crippen LogP) is 3.32. The van der Waals surface area contributed by atoms with Crippen LogP contribution in [0.15, 0.2) is 30.6 Å². The lowest BCUT2D eigenvalue weighted by molar-refractivity contribution is -0.142. The van der Waals surface area contributed by atoms with Gasteiger partial charge in [-0.3, -0.25) is 4.68 Å². The van der Waals surface area contributed by atoms with Crippen molar-refractivity contribution in [2.75, 3.05) is 0 Å². The summed E-state index contributed by atoms with van der Waals surface area (Å²) in [6.45, 7) is -1.23. The summed E-state index contributed by atoms with van der Waals surface area (Å²) in [6, 6.07) is 6.01. The van der Waals surface area contributed by atoms with Gasteiger partial charge >= 0.3 is 6.18 Å². The van der Waals surface area contributed by atoms with Gasteiger partial charge in [-0.15, -0.1) is 0 Å². The van der Waals surface area contributed by atoms with Gasteiger partial charge in [-0.25, -0.2) is 4.39 Å². The molecule has 0 amide bonds. The topological polar surface area (TPSA) is 41.6 Å². The van der Waals surface area contributed by atoms with Crippen LogP contribution in [0.4, 0.5) is 17.6 Å². The minimum atomic E-state index is -4.38. The highest BCUT2D eigenvalue weighted by Gasteiger charge is 2.28. The molecule has 0 saturated heterocycles. The minimum absolute atomic E-state index is 0.101. The van der Waals surface area contributed by atoms with Gasteiger partial charge in [0.25, 0.3) is 0 Å². The van der Waals surface area contributed by atoms with E-state index in [2.05, 4.69) is 5.10 Å². The first kappa shape index (κ1) is 14.1. The molecule has 0 atom stereocenters. The average Bonchev–Trinajstić information content (AvgIpc) is 2.78. The zero-order valence-corrected chi connectivity index (χ0v) is 10.2. The Hall–Kier alpha value is -2.36. The second-order valence-corrected chi connectivity index (χ2v) is 4.19. The maximum atomic E-state index is 13.7. The molecule has 2 aromatic rings. The Kier molecular flexibility index (Phi) is 3.74. The van der Waals surface area contributed by atoms with Crippen LogP contribution in [0.1, 0.15) is 5.56 Å². The van der Waals surface area contributed by atoms with Crippen molar-refractivity contribution in [1.82, 2.24) is 9.78 Å². The van der Waals surface area contributed by atoms with Crippen LogP contribution in [-0.2, 0) is 13.0 Å². The van der Waals surface area contributed by atoms with Gasteiger partial charge in [-0.05, 0) is 17.7 Å². The van der Waals surface area contributed by atoms with Crippen LogP contribution in [0, 0.1) is 17.1 Å². The molecule has 0 fully saturated rings. The van der Waals surface area contributed by atoms with Gasteiger partial charge < -0.3 is 0 Å². The molecule has 20 heavy (non-hydrogen) atoms. The molecule has 0 radical (unpaired) electrons. The molecule has 7 heteroatoms. The molecule has 0 spiro atoms. The Bertz CT molecular complexity index is 652. The zero-order valence-electron chi connectivity index (χ0n) is 10.2. The van der Waals surface area contributed by atoms with E-state index in [1.807, 2.05) is 6.07 Å². The highest BCUT2D eigenvalue weighted by molar-refractivity contribution is 5.63. The molecule has 0 N–H and O–H groups in total. The molecule has 0 aliphatic carbocycles. The Labute approximate surface area is 112 Å². The molecule has 0 saturated carbocycles. The van der Waals surface area contributed by atoms with Gasteiger partial charge in [0.2, 0.25) is 0 Å². The number of nitrogens with zero attached hydrogens (tertiary/aromatic N) is 3. The van der Waals surface area contributed by atoms with Crippen molar-refractivity contribution < 1.29 is 17.6 Å². The predicted molar refractivity (Wildman–Crippen MR) is 63.0 cm³/mol. The number of nitriles is 1. The fourth-order valence-electron chi connectivity index (χ4n) is 1.77. The Morgan fingerprint density at radius 3 is 2.70 bits per heavy atom. The molecule has 1 heterocycles. The van der Waals surface area contributed by atoms with E-state index >= 15 is 0 Å². The Morgan fingerprint density at radius 1 is 1.30 bits per heavy atom. The molecule has 2 rings (SSSR count). The fourth-order valence-corrected chi connectivity index (χ4v) is 1.77. The Morgan fingerprint density at radius 2 is 2.05 bits per heavy atom. The molecule has 0 bridgehead atoms. The van der Waals surface area contributed by atoms with E-state index in [-0.39, 0.29) is 17.5 Å². The van der Waals surface area contributed by atoms with E-state index in [0.717, 1.165) is 6.20 Å². The number of alkyl halides is 3. The number of benzene rings is 1. The van der Waals surface area contributed by atoms with Crippen LogP contribution < -0.4 is 0 Å². The maximum absolute atomic E-state index is 13.7. The minimum Gasteiger partial charge on any atom is -0.263 e. The zero-order chi connectivity index (χ0) is 14.8. The van der Waals surface area contributed by atoms with Gasteiger partial charge in [-0.1, -0.05) is 6.07 Å². The summed E-state index contributed by atoms with van der Waals surface area (Å²) in [4.78, 5) is 0. The first-order valence-corrected chi connectivity index (χ1v) is 5.64. The average molecular weight is 283 g/mol. The molecule has 0 aliphatic heterocycles. The lowest BCUT2D eigenvalue weighted by Crippen LogP contribution is -2.17. The van der Waals surface area contributed by atoms with Gasteiger partial charge in [0, 0.05) is 17.3 Å². The van der Waals surface area contributed by atoms with Crippen molar-refractivity contribution in [1.29, 1.82) is 5.26 Å². The normalized spacial score (nSPS) is 11.3. The third kappa shape index (κ3) is 3.35. The summed E-state index contributed by atoms with van der Waals surface area (Å²) >= 11 is 0. The van der Waals surface area contributed by atoms with Crippen LogP contribution in [0.3, 0.4) is 0 Å². The largest absolute Gasteiger partial charge is 0.408 e. The van der Waals surface area contributed by atoms with Gasteiger partial charge in [-0.2, -0.15) is 23.5 Å². The number of aromatic nitrogens is 2. The fraction of sp³-hybridized carbons (Fsp3) is 0.231. The highest BCUT2D eigenvalue weighted by atomic mass is 19.4. The Balaban J connectivity index is 2.32. The lowest BCUT2D eigenvalue weighted by Gasteiger charge is -2.05. The van der Waals surface area contributed by atoms with Crippen molar-refractivity contribution in [3.8, 4) is 17.2 Å². The van der Waals surface area contributed by atoms with Crippen LogP contribution in [0.5, 0.6) is 0 Å². The van der Waals surface area contributed by atoms with E-state index in [0.29, 0.717) is 10.2 Å². The van der Waals surface area contributed by atoms with Gasteiger partial charge in [0.05, 0.1) is 18.7 Å². The quantitative estimate of drug-likeness (QED) is 0.811. The molecule has 1 aromatic carbocycles. The maximum Gasteiger partial charge on any atom is 0.408 e. The number of hydrogen-bond acceptors (Lipinski definition) is 2. The summed E-state index contributed by atoms with van der Waals surface area (Å²) in [5, 5.41) is 12.2. The van der Waals surface area contributed by atoms with Crippen LogP contribution in [0.25, 0.3) is 11.1 Å². The monoisotopic (exact) mass is 283 g/mol. The molecule has 3 nitrogen and oxygen atoms in total. The number of halogens is 4. The summed E-state index contributed by atoms with van der Waals surface area (Å²) in [7, 11) is 0. The van der Waals surface area contributed by atoms with Crippen molar-refractivity contribution in [2.45, 2.75) is 19.1 Å². The van der Waals surface area contributed by atoms with E-state index in [4.69, 9.17) is 5.26 Å². The molecular weight excluding hydrogens is 274 g/mol. The number of rotatable bonds is 3. The highest BCUT2D eigenvalue weighted by Crippen LogP contribution is 2.25. The van der Waals surface area contributed by atoms with E-state index in [1.54, 1.807) is 0 Å². The third-order valence-electron chi connectivity index (χ3n) is 2.60. The molecule has 0 aliphatic rings. The summed E-state index contributed by atoms with van der Waals surface area (Å²) in [5.41, 5.74) is 0.963. The molecule has 0 unspecified atom stereocenters. The van der Waals surface area contributed by atoms with E-state index in [1.165, 1.54) is 24.4 Å². The van der Waals surface area contributed by atoms with Crippen LogP contribution in [0.2, 0.25) is 0 Å². The first-order valence-electron chi connectivity index (χ1n) is 5.64. The van der Waals surface area contributed by atoms with E-state index < -0.39 is 18.5 Å². The SMILES string of the molecule is N#CCc1ccc(F)c(-c2cnn(CC(F)(F)F)c2)c1. The second-order valence-electron chi connectivity index (χ2n) is 4.19. The van der Waals surface area contributed by atoms with Crippen molar-refractivity contribution >= 4 is 0 Å². The second kappa shape index (κ2) is 5.33. The molecular formula is C13H9F4N3. The summed E-state index contributed by atoms with van der Waals surface area (Å²) < 4.78 is 51.1. The van der Waals surface area contributed by atoms with Crippen LogP contribution >= 0.6 is 0 Å². The molecule has 104 valence electrons. The third-order valence-corrected chi connectivity index (χ3v) is 2.60. The lowest BCUT2D eigenvalue weighted by atomic mass is 10.0. The van der Waals surface area contributed by atoms with Crippen molar-refractivity contribution in [3.63, 3.8) is 0 Å². The van der Waals surface area contributed by atoms with Gasteiger partial charge in [0.1, 0.15) is 12.4 Å². The number of hydrogen-bond donors (Lipinski definition) is 0. The van der Waals surface area contributed by atoms with Crippen molar-refractivity contribution in [3.05, 3.63) is 42.0 Å². The van der Waals surface area contributed by atoms with Gasteiger partial charge in [0.15, 0.2) is 0 Å². The first-order chi connectivity index (χ1) is 9.39.